The molecule has 0 aliphatic carbocycles. The summed E-state index contributed by atoms with van der Waals surface area (Å²) in [5.41, 5.74) is 0. The van der Waals surface area contributed by atoms with Crippen LogP contribution < -0.4 is 5.32 Å². The van der Waals surface area contributed by atoms with Crippen molar-refractivity contribution in [3.05, 3.63) is 0 Å². The van der Waals surface area contributed by atoms with E-state index in [4.69, 9.17) is 4.74 Å². The Labute approximate surface area is 109 Å². The highest BCUT2D eigenvalue weighted by Gasteiger charge is 2.39. The standard InChI is InChI=1S/C13H24N2O3/c1-4-10(2)15-12(16)9-11(13(15)17)14-7-5-6-8-18-3/h10-11,14H,4-9H2,1-3H3. The van der Waals surface area contributed by atoms with Gasteiger partial charge in [0.25, 0.3) is 0 Å². The Morgan fingerprint density at radius 2 is 2.17 bits per heavy atom. The van der Waals surface area contributed by atoms with Gasteiger partial charge < -0.3 is 10.1 Å². The van der Waals surface area contributed by atoms with Gasteiger partial charge in [0.1, 0.15) is 0 Å². The molecule has 0 aromatic carbocycles. The fourth-order valence-electron chi connectivity index (χ4n) is 2.10. The Kier molecular flexibility index (Phi) is 6.29. The molecule has 1 heterocycles. The molecule has 18 heavy (non-hydrogen) atoms. The normalized spacial score (nSPS) is 21.7. The van der Waals surface area contributed by atoms with Crippen LogP contribution in [0.1, 0.15) is 39.5 Å². The maximum absolute atomic E-state index is 12.1. The third-order valence-corrected chi connectivity index (χ3v) is 3.38. The van der Waals surface area contributed by atoms with Crippen LogP contribution in [-0.2, 0) is 14.3 Å². The van der Waals surface area contributed by atoms with E-state index >= 15 is 0 Å². The molecule has 2 atom stereocenters. The molecule has 2 amide bonds. The third kappa shape index (κ3) is 3.78. The maximum atomic E-state index is 12.1. The number of likely N-dealkylation sites (tertiary alicyclic amines) is 1. The van der Waals surface area contributed by atoms with Crippen LogP contribution in [0.4, 0.5) is 0 Å². The van der Waals surface area contributed by atoms with E-state index in [1.807, 2.05) is 13.8 Å². The van der Waals surface area contributed by atoms with E-state index in [0.717, 1.165) is 32.4 Å². The van der Waals surface area contributed by atoms with E-state index in [-0.39, 0.29) is 23.9 Å². The van der Waals surface area contributed by atoms with Crippen LogP contribution in [0.3, 0.4) is 0 Å². The van der Waals surface area contributed by atoms with Gasteiger partial charge >= 0.3 is 0 Å². The summed E-state index contributed by atoms with van der Waals surface area (Å²) in [4.78, 5) is 25.2. The van der Waals surface area contributed by atoms with E-state index in [1.165, 1.54) is 4.90 Å². The second-order valence-electron chi connectivity index (χ2n) is 4.77. The molecule has 1 N–H and O–H groups in total. The third-order valence-electron chi connectivity index (χ3n) is 3.38. The number of hydrogen-bond donors (Lipinski definition) is 1. The first-order valence-corrected chi connectivity index (χ1v) is 6.70. The molecule has 1 rings (SSSR count). The number of unbranched alkanes of at least 4 members (excludes halogenated alkanes) is 1. The van der Waals surface area contributed by atoms with Gasteiger partial charge in [-0.25, -0.2) is 0 Å². The van der Waals surface area contributed by atoms with Gasteiger partial charge in [-0.1, -0.05) is 6.92 Å². The van der Waals surface area contributed by atoms with Crippen LogP contribution in [0.25, 0.3) is 0 Å². The Bertz CT molecular complexity index is 294. The topological polar surface area (TPSA) is 58.6 Å². The molecule has 104 valence electrons. The molecule has 0 aromatic heterocycles. The van der Waals surface area contributed by atoms with Crippen molar-refractivity contribution in [2.24, 2.45) is 0 Å². The number of imide groups is 1. The van der Waals surface area contributed by atoms with Crippen LogP contribution >= 0.6 is 0 Å². The number of carbonyl (C=O) groups excluding carboxylic acids is 2. The Morgan fingerprint density at radius 3 is 2.78 bits per heavy atom. The van der Waals surface area contributed by atoms with Crippen LogP contribution in [0.2, 0.25) is 0 Å². The number of methoxy groups -OCH3 is 1. The summed E-state index contributed by atoms with van der Waals surface area (Å²) in [6.45, 7) is 5.38. The molecule has 1 aliphatic heterocycles. The van der Waals surface area contributed by atoms with Crippen molar-refractivity contribution >= 4 is 11.8 Å². The van der Waals surface area contributed by atoms with Crippen LogP contribution in [0, 0.1) is 0 Å². The molecule has 5 nitrogen and oxygen atoms in total. The van der Waals surface area contributed by atoms with E-state index < -0.39 is 0 Å². The van der Waals surface area contributed by atoms with Crippen molar-refractivity contribution in [3.8, 4) is 0 Å². The van der Waals surface area contributed by atoms with Gasteiger partial charge in [0.2, 0.25) is 11.8 Å². The quantitative estimate of drug-likeness (QED) is 0.518. The zero-order valence-corrected chi connectivity index (χ0v) is 11.6. The minimum atomic E-state index is -0.325. The molecule has 5 heteroatoms. The van der Waals surface area contributed by atoms with Gasteiger partial charge in [0.05, 0.1) is 12.5 Å². The van der Waals surface area contributed by atoms with Gasteiger partial charge in [-0.15, -0.1) is 0 Å². The van der Waals surface area contributed by atoms with Crippen molar-refractivity contribution in [2.75, 3.05) is 20.3 Å². The second-order valence-corrected chi connectivity index (χ2v) is 4.77. The van der Waals surface area contributed by atoms with E-state index in [9.17, 15) is 9.59 Å². The largest absolute Gasteiger partial charge is 0.385 e. The number of nitrogens with zero attached hydrogens (tertiary/aromatic N) is 1. The number of carbonyl (C=O) groups is 2. The molecule has 1 fully saturated rings. The summed E-state index contributed by atoms with van der Waals surface area (Å²) in [5.74, 6) is -0.121. The maximum Gasteiger partial charge on any atom is 0.247 e. The SMILES string of the molecule is CCC(C)N1C(=O)CC(NCCCCOC)C1=O. The van der Waals surface area contributed by atoms with Crippen molar-refractivity contribution < 1.29 is 14.3 Å². The molecule has 1 aliphatic rings. The lowest BCUT2D eigenvalue weighted by Crippen LogP contribution is -2.42. The second kappa shape index (κ2) is 7.48. The summed E-state index contributed by atoms with van der Waals surface area (Å²) >= 11 is 0. The zero-order valence-electron chi connectivity index (χ0n) is 11.6. The summed E-state index contributed by atoms with van der Waals surface area (Å²) < 4.78 is 4.96. The van der Waals surface area contributed by atoms with Gasteiger partial charge in [0.15, 0.2) is 0 Å². The highest BCUT2D eigenvalue weighted by molar-refractivity contribution is 6.05. The number of nitrogens with one attached hydrogen (secondary N) is 1. The van der Waals surface area contributed by atoms with Crippen molar-refractivity contribution in [1.29, 1.82) is 0 Å². The molecule has 0 spiro atoms. The molecule has 0 bridgehead atoms. The van der Waals surface area contributed by atoms with Crippen molar-refractivity contribution in [1.82, 2.24) is 10.2 Å². The summed E-state index contributed by atoms with van der Waals surface area (Å²) in [6, 6.07) is -0.320. The first-order chi connectivity index (χ1) is 8.61. The van der Waals surface area contributed by atoms with Gasteiger partial charge in [-0.2, -0.15) is 0 Å². The molecule has 2 unspecified atom stereocenters. The molecular formula is C13H24N2O3. The fraction of sp³-hybridized carbons (Fsp3) is 0.846. The Balaban J connectivity index is 2.36. The number of amides is 2. The van der Waals surface area contributed by atoms with Crippen LogP contribution in [-0.4, -0.2) is 49.1 Å². The lowest BCUT2D eigenvalue weighted by Gasteiger charge is -2.21. The molecule has 0 saturated carbocycles. The minimum absolute atomic E-state index is 0.00490. The van der Waals surface area contributed by atoms with Crippen molar-refractivity contribution in [2.45, 2.75) is 51.6 Å². The lowest BCUT2D eigenvalue weighted by molar-refractivity contribution is -0.141. The van der Waals surface area contributed by atoms with Crippen molar-refractivity contribution in [3.63, 3.8) is 0 Å². The first-order valence-electron chi connectivity index (χ1n) is 6.70. The number of rotatable bonds is 8. The predicted molar refractivity (Wildman–Crippen MR) is 69.1 cm³/mol. The molecule has 0 aromatic rings. The number of hydrogen-bond acceptors (Lipinski definition) is 4. The van der Waals surface area contributed by atoms with Gasteiger partial charge in [-0.05, 0) is 32.7 Å². The van der Waals surface area contributed by atoms with Gasteiger partial charge in [0, 0.05) is 19.8 Å². The fourth-order valence-corrected chi connectivity index (χ4v) is 2.10. The number of ether oxygens (including phenoxy) is 1. The Morgan fingerprint density at radius 1 is 1.44 bits per heavy atom. The smallest absolute Gasteiger partial charge is 0.247 e. The summed E-state index contributed by atoms with van der Waals surface area (Å²) in [7, 11) is 1.68. The molecule has 1 saturated heterocycles. The van der Waals surface area contributed by atoms with E-state index in [1.54, 1.807) is 7.11 Å². The average Bonchev–Trinajstić information content (AvgIpc) is 2.63. The monoisotopic (exact) mass is 256 g/mol. The van der Waals surface area contributed by atoms with Gasteiger partial charge in [-0.3, -0.25) is 14.5 Å². The average molecular weight is 256 g/mol. The van der Waals surface area contributed by atoms with E-state index in [0.29, 0.717) is 6.42 Å². The summed E-state index contributed by atoms with van der Waals surface area (Å²) in [5, 5.41) is 3.16. The summed E-state index contributed by atoms with van der Waals surface area (Å²) in [6.07, 6.45) is 3.02. The van der Waals surface area contributed by atoms with Crippen LogP contribution in [0.15, 0.2) is 0 Å². The molecular weight excluding hydrogens is 232 g/mol. The Hall–Kier alpha value is -0.940. The molecule has 0 radical (unpaired) electrons. The highest BCUT2D eigenvalue weighted by Crippen LogP contribution is 2.17. The highest BCUT2D eigenvalue weighted by atomic mass is 16.5. The van der Waals surface area contributed by atoms with E-state index in [2.05, 4.69) is 5.32 Å². The minimum Gasteiger partial charge on any atom is -0.385 e. The first kappa shape index (κ1) is 15.1. The zero-order chi connectivity index (χ0) is 13.5. The predicted octanol–water partition coefficient (Wildman–Crippen LogP) is 0.929. The van der Waals surface area contributed by atoms with Crippen LogP contribution in [0.5, 0.6) is 0 Å². The lowest BCUT2D eigenvalue weighted by atomic mass is 10.2.